The lowest BCUT2D eigenvalue weighted by Gasteiger charge is -2.10. The predicted octanol–water partition coefficient (Wildman–Crippen LogP) is 3.59. The quantitative estimate of drug-likeness (QED) is 0.507. The van der Waals surface area contributed by atoms with Crippen LogP contribution in [0.4, 0.5) is 0 Å². The van der Waals surface area contributed by atoms with E-state index in [0.717, 1.165) is 19.4 Å². The number of rotatable bonds is 5. The van der Waals surface area contributed by atoms with Crippen molar-refractivity contribution in [3.8, 4) is 11.1 Å². The van der Waals surface area contributed by atoms with Crippen LogP contribution in [-0.2, 0) is 10.8 Å². The van der Waals surface area contributed by atoms with Crippen molar-refractivity contribution < 1.29 is 4.43 Å². The molecule has 1 nitrogen and oxygen atoms in total. The number of fused-ring (bicyclic) bond motifs is 1. The standard InChI is InChI=1S/C11H16OSi.C6H4/c1-3-9-12-13-11-8-6-5-7-10(11)4-2;1-2-6-4-3-5(1)6/h5-8H,3-4,9H2,1-2H3;1-4H. The Hall–Kier alpha value is -1.38. The van der Waals surface area contributed by atoms with Crippen LogP contribution >= 0.6 is 0 Å². The molecular formula is C17H20OSi. The third-order valence-electron chi connectivity index (χ3n) is 3.10. The van der Waals surface area contributed by atoms with Crippen LogP contribution in [0.25, 0.3) is 11.1 Å². The van der Waals surface area contributed by atoms with Gasteiger partial charge in [-0.05, 0) is 34.7 Å². The Morgan fingerprint density at radius 3 is 2.00 bits per heavy atom. The topological polar surface area (TPSA) is 9.23 Å². The summed E-state index contributed by atoms with van der Waals surface area (Å²) in [7, 11) is 0.517. The van der Waals surface area contributed by atoms with Gasteiger partial charge in [-0.25, -0.2) is 0 Å². The van der Waals surface area contributed by atoms with Crippen LogP contribution in [0.15, 0.2) is 48.5 Å². The zero-order chi connectivity index (χ0) is 13.5. The molecular weight excluding hydrogens is 248 g/mol. The van der Waals surface area contributed by atoms with E-state index in [0.29, 0.717) is 9.76 Å². The molecule has 0 heterocycles. The average Bonchev–Trinajstić information content (AvgIpc) is 2.44. The second kappa shape index (κ2) is 7.27. The third kappa shape index (κ3) is 3.79. The van der Waals surface area contributed by atoms with Crippen molar-refractivity contribution in [2.75, 3.05) is 6.61 Å². The van der Waals surface area contributed by atoms with Crippen LogP contribution < -0.4 is 5.19 Å². The van der Waals surface area contributed by atoms with Gasteiger partial charge in [-0.1, -0.05) is 62.4 Å². The van der Waals surface area contributed by atoms with E-state index in [1.54, 1.807) is 0 Å². The van der Waals surface area contributed by atoms with Crippen LogP contribution in [0.2, 0.25) is 0 Å². The van der Waals surface area contributed by atoms with E-state index in [4.69, 9.17) is 4.43 Å². The van der Waals surface area contributed by atoms with Crippen molar-refractivity contribution in [2.45, 2.75) is 26.7 Å². The fourth-order valence-electron chi connectivity index (χ4n) is 1.82. The first-order valence-electron chi connectivity index (χ1n) is 6.91. The molecule has 2 radical (unpaired) electrons. The lowest BCUT2D eigenvalue weighted by Crippen LogP contribution is -2.21. The highest BCUT2D eigenvalue weighted by Gasteiger charge is 2.04. The number of aryl methyl sites for hydroxylation is 1. The van der Waals surface area contributed by atoms with Crippen molar-refractivity contribution in [3.63, 3.8) is 0 Å². The second-order valence-corrected chi connectivity index (χ2v) is 5.57. The molecule has 19 heavy (non-hydrogen) atoms. The predicted molar refractivity (Wildman–Crippen MR) is 82.9 cm³/mol. The second-order valence-electron chi connectivity index (χ2n) is 4.54. The number of benzene rings is 2. The SMILES string of the molecule is CCCO[Si]c1ccccc1CC.c1cc2ccc1-2. The summed E-state index contributed by atoms with van der Waals surface area (Å²) in [6.07, 6.45) is 2.19. The summed E-state index contributed by atoms with van der Waals surface area (Å²) in [6.45, 7) is 5.19. The number of hydrogen-bond donors (Lipinski definition) is 0. The molecule has 0 amide bonds. The molecule has 3 rings (SSSR count). The van der Waals surface area contributed by atoms with Gasteiger partial charge in [0.25, 0.3) is 9.76 Å². The number of hydrogen-bond acceptors (Lipinski definition) is 1. The lowest BCUT2D eigenvalue weighted by atomic mass is 9.95. The first kappa shape index (κ1) is 14.0. The Balaban J connectivity index is 0.000000180. The molecule has 2 aliphatic carbocycles. The highest BCUT2D eigenvalue weighted by Crippen LogP contribution is 2.29. The summed E-state index contributed by atoms with van der Waals surface area (Å²) in [5.41, 5.74) is 4.27. The summed E-state index contributed by atoms with van der Waals surface area (Å²) in [6, 6.07) is 17.0. The highest BCUT2D eigenvalue weighted by atomic mass is 28.2. The van der Waals surface area contributed by atoms with Gasteiger partial charge in [-0.3, -0.25) is 0 Å². The minimum atomic E-state index is 0.517. The highest BCUT2D eigenvalue weighted by molar-refractivity contribution is 6.47. The Labute approximate surface area is 118 Å². The maximum Gasteiger partial charge on any atom is 0.268 e. The fraction of sp³-hybridized carbons (Fsp3) is 0.294. The van der Waals surface area contributed by atoms with Gasteiger partial charge in [0.15, 0.2) is 0 Å². The van der Waals surface area contributed by atoms with E-state index in [1.165, 1.54) is 21.9 Å². The van der Waals surface area contributed by atoms with Crippen molar-refractivity contribution in [2.24, 2.45) is 0 Å². The maximum absolute atomic E-state index is 5.54. The van der Waals surface area contributed by atoms with Crippen LogP contribution in [0.5, 0.6) is 0 Å². The van der Waals surface area contributed by atoms with Gasteiger partial charge in [0, 0.05) is 6.61 Å². The third-order valence-corrected chi connectivity index (χ3v) is 4.16. The molecule has 0 unspecified atom stereocenters. The summed E-state index contributed by atoms with van der Waals surface area (Å²) < 4.78 is 5.54. The zero-order valence-corrected chi connectivity index (χ0v) is 12.6. The molecule has 0 saturated heterocycles. The van der Waals surface area contributed by atoms with E-state index in [2.05, 4.69) is 62.4 Å². The Kier molecular flexibility index (Phi) is 5.37. The van der Waals surface area contributed by atoms with Crippen LogP contribution in [0.1, 0.15) is 25.8 Å². The van der Waals surface area contributed by atoms with Gasteiger partial charge in [-0.15, -0.1) is 0 Å². The van der Waals surface area contributed by atoms with Gasteiger partial charge in [0.05, 0.1) is 0 Å². The summed E-state index contributed by atoms with van der Waals surface area (Å²) in [4.78, 5) is 0. The summed E-state index contributed by atoms with van der Waals surface area (Å²) in [5.74, 6) is 0. The molecule has 0 aromatic heterocycles. The minimum Gasteiger partial charge on any atom is -0.411 e. The zero-order valence-electron chi connectivity index (χ0n) is 11.6. The Morgan fingerprint density at radius 1 is 0.895 bits per heavy atom. The molecule has 98 valence electrons. The van der Waals surface area contributed by atoms with Gasteiger partial charge in [-0.2, -0.15) is 0 Å². The molecule has 0 spiro atoms. The van der Waals surface area contributed by atoms with Crippen LogP contribution in [-0.4, -0.2) is 16.4 Å². The van der Waals surface area contributed by atoms with E-state index >= 15 is 0 Å². The molecule has 0 saturated carbocycles. The summed E-state index contributed by atoms with van der Waals surface area (Å²) in [5, 5.41) is 1.36. The first-order valence-corrected chi connectivity index (χ1v) is 7.82. The lowest BCUT2D eigenvalue weighted by molar-refractivity contribution is 0.341. The van der Waals surface area contributed by atoms with Crippen molar-refractivity contribution in [1.82, 2.24) is 0 Å². The summed E-state index contributed by atoms with van der Waals surface area (Å²) >= 11 is 0. The van der Waals surface area contributed by atoms with Gasteiger partial charge < -0.3 is 4.43 Å². The van der Waals surface area contributed by atoms with Crippen molar-refractivity contribution in [3.05, 3.63) is 54.1 Å². The minimum absolute atomic E-state index is 0.517. The van der Waals surface area contributed by atoms with Crippen molar-refractivity contribution in [1.29, 1.82) is 0 Å². The average molecular weight is 268 g/mol. The van der Waals surface area contributed by atoms with Crippen LogP contribution in [0, 0.1) is 0 Å². The van der Waals surface area contributed by atoms with Gasteiger partial charge >= 0.3 is 0 Å². The van der Waals surface area contributed by atoms with E-state index in [9.17, 15) is 0 Å². The normalized spacial score (nSPS) is 10.6. The Morgan fingerprint density at radius 2 is 1.53 bits per heavy atom. The molecule has 0 bridgehead atoms. The fourth-order valence-corrected chi connectivity index (χ4v) is 2.84. The Bertz CT molecular complexity index is 484. The van der Waals surface area contributed by atoms with E-state index in [-0.39, 0.29) is 0 Å². The molecule has 2 heteroatoms. The molecule has 0 N–H and O–H groups in total. The molecule has 1 aromatic carbocycles. The maximum atomic E-state index is 5.54. The molecule has 1 aromatic rings. The van der Waals surface area contributed by atoms with Gasteiger partial charge in [0.1, 0.15) is 0 Å². The molecule has 2 aliphatic rings. The molecule has 0 atom stereocenters. The molecule has 0 aliphatic heterocycles. The first-order chi connectivity index (χ1) is 9.35. The van der Waals surface area contributed by atoms with Crippen LogP contribution in [0.3, 0.4) is 0 Å². The smallest absolute Gasteiger partial charge is 0.268 e. The van der Waals surface area contributed by atoms with Gasteiger partial charge in [0.2, 0.25) is 0 Å². The van der Waals surface area contributed by atoms with E-state index < -0.39 is 0 Å². The monoisotopic (exact) mass is 268 g/mol. The largest absolute Gasteiger partial charge is 0.411 e. The molecule has 0 fully saturated rings. The van der Waals surface area contributed by atoms with E-state index in [1.807, 2.05) is 0 Å². The van der Waals surface area contributed by atoms with Crippen molar-refractivity contribution >= 4 is 14.9 Å².